The molecule has 2 aromatic rings. The van der Waals surface area contributed by atoms with E-state index in [1.165, 1.54) is 0 Å². The first kappa shape index (κ1) is 21.5. The highest BCUT2D eigenvalue weighted by Crippen LogP contribution is 2.30. The minimum Gasteiger partial charge on any atom is -0.453 e. The van der Waals surface area contributed by atoms with Crippen molar-refractivity contribution in [3.63, 3.8) is 0 Å². The van der Waals surface area contributed by atoms with E-state index >= 15 is 0 Å². The third kappa shape index (κ3) is 6.41. The van der Waals surface area contributed by atoms with Gasteiger partial charge in [0.2, 0.25) is 0 Å². The zero-order valence-corrected chi connectivity index (χ0v) is 17.2. The van der Waals surface area contributed by atoms with Crippen LogP contribution in [0.15, 0.2) is 60.7 Å². The Hall–Kier alpha value is -2.82. The van der Waals surface area contributed by atoms with Gasteiger partial charge in [0, 0.05) is 6.42 Å². The van der Waals surface area contributed by atoms with Crippen LogP contribution in [0.2, 0.25) is 0 Å². The molecule has 28 heavy (non-hydrogen) atoms. The minimum absolute atomic E-state index is 0.517. The quantitative estimate of drug-likeness (QED) is 0.741. The Morgan fingerprint density at radius 1 is 0.893 bits per heavy atom. The maximum atomic E-state index is 12.7. The second-order valence-corrected chi connectivity index (χ2v) is 8.05. The van der Waals surface area contributed by atoms with Crippen LogP contribution in [0.25, 0.3) is 0 Å². The lowest BCUT2D eigenvalue weighted by molar-refractivity contribution is -0.161. The van der Waals surface area contributed by atoms with Gasteiger partial charge in [-0.2, -0.15) is 0 Å². The largest absolute Gasteiger partial charge is 0.453 e. The summed E-state index contributed by atoms with van der Waals surface area (Å²) < 4.78 is 11.1. The van der Waals surface area contributed by atoms with Crippen molar-refractivity contribution in [1.29, 1.82) is 0 Å². The predicted molar refractivity (Wildman–Crippen MR) is 109 cm³/mol. The molecule has 0 aliphatic rings. The van der Waals surface area contributed by atoms with Crippen LogP contribution in [0.3, 0.4) is 0 Å². The van der Waals surface area contributed by atoms with E-state index < -0.39 is 29.3 Å². The molecule has 5 heteroatoms. The molecule has 5 nitrogen and oxygen atoms in total. The molecule has 1 unspecified atom stereocenters. The molecule has 0 aromatic heterocycles. The standard InChI is InChI=1S/C23H29NO4/c1-17(24-21(26)28-22(2,3)4)20(25)27-23(5,19-14-10-7-11-15-19)16-18-12-8-6-9-13-18/h6-15,17H,16H2,1-5H3,(H,24,26)/t17?,23-/m0/s1. The fourth-order valence-electron chi connectivity index (χ4n) is 2.83. The van der Waals surface area contributed by atoms with Crippen LogP contribution in [0.4, 0.5) is 4.79 Å². The summed E-state index contributed by atoms with van der Waals surface area (Å²) >= 11 is 0. The van der Waals surface area contributed by atoms with Crippen molar-refractivity contribution in [2.24, 2.45) is 0 Å². The molecule has 0 bridgehead atoms. The van der Waals surface area contributed by atoms with Crippen molar-refractivity contribution in [3.05, 3.63) is 71.8 Å². The van der Waals surface area contributed by atoms with E-state index in [4.69, 9.17) is 9.47 Å². The molecule has 2 rings (SSSR count). The Balaban J connectivity index is 2.15. The molecule has 150 valence electrons. The summed E-state index contributed by atoms with van der Waals surface area (Å²) in [7, 11) is 0. The van der Waals surface area contributed by atoms with Gasteiger partial charge in [-0.3, -0.25) is 0 Å². The van der Waals surface area contributed by atoms with Gasteiger partial charge in [0.25, 0.3) is 0 Å². The number of nitrogens with one attached hydrogen (secondary N) is 1. The second-order valence-electron chi connectivity index (χ2n) is 8.05. The van der Waals surface area contributed by atoms with E-state index in [2.05, 4.69) is 5.32 Å². The SMILES string of the molecule is CC(NC(=O)OC(C)(C)C)C(=O)O[C@@](C)(Cc1ccccc1)c1ccccc1. The van der Waals surface area contributed by atoms with Crippen LogP contribution in [0.5, 0.6) is 0 Å². The van der Waals surface area contributed by atoms with Crippen molar-refractivity contribution in [3.8, 4) is 0 Å². The topological polar surface area (TPSA) is 64.6 Å². The average Bonchev–Trinajstić information content (AvgIpc) is 2.61. The van der Waals surface area contributed by atoms with Gasteiger partial charge >= 0.3 is 12.1 Å². The predicted octanol–water partition coefficient (Wildman–Crippen LogP) is 4.60. The highest BCUT2D eigenvalue weighted by molar-refractivity contribution is 5.81. The van der Waals surface area contributed by atoms with E-state index in [9.17, 15) is 9.59 Å². The number of hydrogen-bond donors (Lipinski definition) is 1. The summed E-state index contributed by atoms with van der Waals surface area (Å²) in [5, 5.41) is 2.54. The monoisotopic (exact) mass is 383 g/mol. The third-order valence-corrected chi connectivity index (χ3v) is 4.18. The first-order chi connectivity index (χ1) is 13.1. The molecule has 0 radical (unpaired) electrons. The number of alkyl carbamates (subject to hydrolysis) is 1. The van der Waals surface area contributed by atoms with Gasteiger partial charge in [-0.1, -0.05) is 60.7 Å². The molecule has 2 atom stereocenters. The maximum absolute atomic E-state index is 12.7. The lowest BCUT2D eigenvalue weighted by atomic mass is 9.88. The summed E-state index contributed by atoms with van der Waals surface area (Å²) in [5.74, 6) is -0.520. The third-order valence-electron chi connectivity index (χ3n) is 4.18. The van der Waals surface area contributed by atoms with Gasteiger partial charge in [-0.25, -0.2) is 9.59 Å². The minimum atomic E-state index is -0.871. The Morgan fingerprint density at radius 3 is 1.96 bits per heavy atom. The number of esters is 1. The van der Waals surface area contributed by atoms with E-state index in [-0.39, 0.29) is 0 Å². The van der Waals surface area contributed by atoms with Gasteiger partial charge in [0.05, 0.1) is 0 Å². The molecule has 0 saturated carbocycles. The molecular weight excluding hydrogens is 354 g/mol. The number of amides is 1. The fraction of sp³-hybridized carbons (Fsp3) is 0.391. The number of benzene rings is 2. The second kappa shape index (κ2) is 8.91. The van der Waals surface area contributed by atoms with Crippen molar-refractivity contribution < 1.29 is 19.1 Å². The molecule has 1 N–H and O–H groups in total. The summed E-state index contributed by atoms with van der Waals surface area (Å²) in [4.78, 5) is 24.7. The van der Waals surface area contributed by atoms with Gasteiger partial charge in [0.1, 0.15) is 17.2 Å². The van der Waals surface area contributed by atoms with Crippen molar-refractivity contribution in [2.75, 3.05) is 0 Å². The fourth-order valence-corrected chi connectivity index (χ4v) is 2.83. The molecule has 0 fully saturated rings. The summed E-state index contributed by atoms with van der Waals surface area (Å²) in [6.45, 7) is 8.76. The number of hydrogen-bond acceptors (Lipinski definition) is 4. The number of carbonyl (C=O) groups is 2. The van der Waals surface area contributed by atoms with Gasteiger partial charge in [-0.15, -0.1) is 0 Å². The van der Waals surface area contributed by atoms with Crippen LogP contribution in [-0.2, 0) is 26.3 Å². The maximum Gasteiger partial charge on any atom is 0.408 e. The van der Waals surface area contributed by atoms with Gasteiger partial charge in [-0.05, 0) is 45.7 Å². The average molecular weight is 383 g/mol. The van der Waals surface area contributed by atoms with Crippen molar-refractivity contribution in [1.82, 2.24) is 5.32 Å². The van der Waals surface area contributed by atoms with Gasteiger partial charge in [0.15, 0.2) is 0 Å². The molecule has 0 spiro atoms. The summed E-state index contributed by atoms with van der Waals surface area (Å²) in [6, 6.07) is 18.6. The van der Waals surface area contributed by atoms with Crippen LogP contribution in [0.1, 0.15) is 45.7 Å². The molecule has 0 heterocycles. The van der Waals surface area contributed by atoms with E-state index in [1.54, 1.807) is 27.7 Å². The van der Waals surface area contributed by atoms with Crippen LogP contribution in [0, 0.1) is 0 Å². The Bertz CT molecular complexity index is 783. The normalized spacial score (nSPS) is 14.5. The summed E-state index contributed by atoms with van der Waals surface area (Å²) in [6.07, 6.45) is -0.135. The number of carbonyl (C=O) groups excluding carboxylic acids is 2. The van der Waals surface area contributed by atoms with E-state index in [1.807, 2.05) is 67.6 Å². The Morgan fingerprint density at radius 2 is 1.43 bits per heavy atom. The molecule has 0 aliphatic heterocycles. The lowest BCUT2D eigenvalue weighted by Crippen LogP contribution is -2.45. The van der Waals surface area contributed by atoms with E-state index in [0.717, 1.165) is 11.1 Å². The zero-order chi connectivity index (χ0) is 20.8. The Kier molecular flexibility index (Phi) is 6.84. The van der Waals surface area contributed by atoms with Crippen LogP contribution in [-0.4, -0.2) is 23.7 Å². The molecule has 1 amide bonds. The van der Waals surface area contributed by atoms with Crippen LogP contribution < -0.4 is 5.32 Å². The van der Waals surface area contributed by atoms with Crippen LogP contribution >= 0.6 is 0 Å². The first-order valence-corrected chi connectivity index (χ1v) is 9.41. The highest BCUT2D eigenvalue weighted by Gasteiger charge is 2.34. The molecule has 0 saturated heterocycles. The zero-order valence-electron chi connectivity index (χ0n) is 17.2. The van der Waals surface area contributed by atoms with Gasteiger partial charge < -0.3 is 14.8 Å². The Labute approximate surface area is 167 Å². The smallest absolute Gasteiger partial charge is 0.408 e. The van der Waals surface area contributed by atoms with Crippen molar-refractivity contribution >= 4 is 12.1 Å². The highest BCUT2D eigenvalue weighted by atomic mass is 16.6. The molecular formula is C23H29NO4. The lowest BCUT2D eigenvalue weighted by Gasteiger charge is -2.32. The number of rotatable bonds is 6. The molecule has 0 aliphatic carbocycles. The van der Waals surface area contributed by atoms with E-state index in [0.29, 0.717) is 6.42 Å². The van der Waals surface area contributed by atoms with Crippen molar-refractivity contribution in [2.45, 2.75) is 58.3 Å². The number of ether oxygens (including phenoxy) is 2. The molecule has 2 aromatic carbocycles. The first-order valence-electron chi connectivity index (χ1n) is 9.41. The summed E-state index contributed by atoms with van der Waals surface area (Å²) in [5.41, 5.74) is 0.425.